The molecule has 0 fully saturated rings. The van der Waals surface area contributed by atoms with Crippen LogP contribution in [-0.4, -0.2) is 22.4 Å². The van der Waals surface area contributed by atoms with Gasteiger partial charge >= 0.3 is 5.97 Å². The molecule has 1 aromatic heterocycles. The van der Waals surface area contributed by atoms with Crippen LogP contribution in [0.4, 0.5) is 0 Å². The second kappa shape index (κ2) is 6.02. The lowest BCUT2D eigenvalue weighted by atomic mass is 10.1. The molecule has 1 heterocycles. The molecule has 0 unspecified atom stereocenters. The Balaban J connectivity index is 2.06. The van der Waals surface area contributed by atoms with Crippen LogP contribution in [-0.2, 0) is 4.74 Å². The van der Waals surface area contributed by atoms with Gasteiger partial charge < -0.3 is 4.74 Å². The van der Waals surface area contributed by atoms with Gasteiger partial charge in [-0.1, -0.05) is 42.0 Å². The molecular formula is C18H18N2O2. The van der Waals surface area contributed by atoms with E-state index in [4.69, 9.17) is 4.74 Å². The molecule has 112 valence electrons. The minimum absolute atomic E-state index is 0.122. The number of aryl methyl sites for hydroxylation is 1. The highest BCUT2D eigenvalue weighted by Crippen LogP contribution is 2.26. The van der Waals surface area contributed by atoms with Crippen molar-refractivity contribution in [3.05, 3.63) is 71.6 Å². The zero-order valence-corrected chi connectivity index (χ0v) is 12.7. The molecule has 1 aliphatic rings. The van der Waals surface area contributed by atoms with Crippen LogP contribution in [0.25, 0.3) is 5.69 Å². The van der Waals surface area contributed by atoms with E-state index < -0.39 is 0 Å². The van der Waals surface area contributed by atoms with Gasteiger partial charge in [-0.3, -0.25) is 0 Å². The van der Waals surface area contributed by atoms with Gasteiger partial charge in [-0.05, 0) is 32.0 Å². The van der Waals surface area contributed by atoms with Crippen LogP contribution in [0.2, 0.25) is 0 Å². The standard InChI is InChI=1S/C18H18N2O2/c1-3-22-18(21)16-12-17(14-6-4-5-7-14)20(19-16)15-10-8-13(2)9-11-15/h4-12,14H,3H2,1-2H3. The van der Waals surface area contributed by atoms with Gasteiger partial charge in [0, 0.05) is 5.92 Å². The van der Waals surface area contributed by atoms with E-state index >= 15 is 0 Å². The fourth-order valence-corrected chi connectivity index (χ4v) is 2.46. The molecule has 0 aliphatic heterocycles. The van der Waals surface area contributed by atoms with Crippen molar-refractivity contribution in [3.8, 4) is 5.69 Å². The Labute approximate surface area is 129 Å². The Morgan fingerprint density at radius 2 is 1.91 bits per heavy atom. The van der Waals surface area contributed by atoms with Gasteiger partial charge in [0.15, 0.2) is 5.69 Å². The lowest BCUT2D eigenvalue weighted by molar-refractivity contribution is 0.0519. The monoisotopic (exact) mass is 294 g/mol. The first-order chi connectivity index (χ1) is 10.7. The first-order valence-corrected chi connectivity index (χ1v) is 7.38. The Kier molecular flexibility index (Phi) is 3.92. The summed E-state index contributed by atoms with van der Waals surface area (Å²) in [4.78, 5) is 12.0. The van der Waals surface area contributed by atoms with Gasteiger partial charge in [0.2, 0.25) is 0 Å². The maximum absolute atomic E-state index is 12.0. The number of aromatic nitrogens is 2. The summed E-state index contributed by atoms with van der Waals surface area (Å²) < 4.78 is 6.88. The van der Waals surface area contributed by atoms with Gasteiger partial charge in [-0.25, -0.2) is 9.48 Å². The molecule has 4 heteroatoms. The topological polar surface area (TPSA) is 44.1 Å². The normalized spacial score (nSPS) is 13.7. The van der Waals surface area contributed by atoms with E-state index in [1.165, 1.54) is 5.56 Å². The average molecular weight is 294 g/mol. The smallest absolute Gasteiger partial charge is 0.358 e. The summed E-state index contributed by atoms with van der Waals surface area (Å²) >= 11 is 0. The minimum atomic E-state index is -0.388. The molecule has 22 heavy (non-hydrogen) atoms. The fourth-order valence-electron chi connectivity index (χ4n) is 2.46. The van der Waals surface area contributed by atoms with Crippen LogP contribution in [0.5, 0.6) is 0 Å². The zero-order valence-electron chi connectivity index (χ0n) is 12.7. The summed E-state index contributed by atoms with van der Waals surface area (Å²) in [6.45, 7) is 4.17. The van der Waals surface area contributed by atoms with Crippen LogP contribution >= 0.6 is 0 Å². The number of benzene rings is 1. The van der Waals surface area contributed by atoms with Crippen LogP contribution in [0.3, 0.4) is 0 Å². The van der Waals surface area contributed by atoms with E-state index in [0.29, 0.717) is 12.3 Å². The molecule has 2 aromatic rings. The van der Waals surface area contributed by atoms with Gasteiger partial charge in [0.1, 0.15) is 0 Å². The number of rotatable bonds is 4. The number of hydrogen-bond acceptors (Lipinski definition) is 3. The summed E-state index contributed by atoms with van der Waals surface area (Å²) in [5, 5.41) is 4.45. The van der Waals surface area contributed by atoms with Crippen LogP contribution in [0.15, 0.2) is 54.6 Å². The summed E-state index contributed by atoms with van der Waals surface area (Å²) in [7, 11) is 0. The first-order valence-electron chi connectivity index (χ1n) is 7.38. The van der Waals surface area contributed by atoms with E-state index in [2.05, 4.69) is 17.3 Å². The lowest BCUT2D eigenvalue weighted by Gasteiger charge is -2.10. The van der Waals surface area contributed by atoms with E-state index in [9.17, 15) is 4.79 Å². The molecule has 0 saturated heterocycles. The summed E-state index contributed by atoms with van der Waals surface area (Å²) in [5.74, 6) is -0.266. The predicted molar refractivity (Wildman–Crippen MR) is 85.3 cm³/mol. The fraction of sp³-hybridized carbons (Fsp3) is 0.222. The van der Waals surface area contributed by atoms with E-state index in [1.54, 1.807) is 6.92 Å². The van der Waals surface area contributed by atoms with Crippen molar-refractivity contribution in [1.82, 2.24) is 9.78 Å². The molecule has 3 rings (SSSR count). The molecular weight excluding hydrogens is 276 g/mol. The molecule has 0 spiro atoms. The summed E-state index contributed by atoms with van der Waals surface area (Å²) in [6, 6.07) is 9.88. The van der Waals surface area contributed by atoms with Crippen LogP contribution in [0, 0.1) is 6.92 Å². The molecule has 0 atom stereocenters. The van der Waals surface area contributed by atoms with Gasteiger partial charge in [-0.15, -0.1) is 0 Å². The zero-order chi connectivity index (χ0) is 15.5. The number of nitrogens with zero attached hydrogens (tertiary/aromatic N) is 2. The maximum atomic E-state index is 12.0. The largest absolute Gasteiger partial charge is 0.461 e. The van der Waals surface area contributed by atoms with Gasteiger partial charge in [0.25, 0.3) is 0 Å². The predicted octanol–water partition coefficient (Wildman–Crippen LogP) is 3.57. The quantitative estimate of drug-likeness (QED) is 0.810. The van der Waals surface area contributed by atoms with Crippen molar-refractivity contribution in [2.24, 2.45) is 0 Å². The minimum Gasteiger partial charge on any atom is -0.461 e. The molecule has 4 nitrogen and oxygen atoms in total. The number of esters is 1. The molecule has 0 N–H and O–H groups in total. The Hall–Kier alpha value is -2.62. The van der Waals surface area contributed by atoms with Crippen molar-refractivity contribution in [1.29, 1.82) is 0 Å². The van der Waals surface area contributed by atoms with Crippen LogP contribution < -0.4 is 0 Å². The number of carbonyl (C=O) groups excluding carboxylic acids is 1. The Morgan fingerprint density at radius 1 is 1.23 bits per heavy atom. The molecule has 1 aromatic carbocycles. The van der Waals surface area contributed by atoms with E-state index in [1.807, 2.05) is 54.1 Å². The highest BCUT2D eigenvalue weighted by molar-refractivity contribution is 5.87. The van der Waals surface area contributed by atoms with Crippen LogP contribution in [0.1, 0.15) is 34.6 Å². The summed E-state index contributed by atoms with van der Waals surface area (Å²) in [6.07, 6.45) is 8.16. The van der Waals surface area contributed by atoms with Gasteiger partial charge in [-0.2, -0.15) is 5.10 Å². The average Bonchev–Trinajstić information content (AvgIpc) is 3.17. The van der Waals surface area contributed by atoms with Crippen molar-refractivity contribution in [3.63, 3.8) is 0 Å². The van der Waals surface area contributed by atoms with Crippen molar-refractivity contribution in [2.45, 2.75) is 19.8 Å². The van der Waals surface area contributed by atoms with Gasteiger partial charge in [0.05, 0.1) is 18.0 Å². The van der Waals surface area contributed by atoms with Crippen molar-refractivity contribution in [2.75, 3.05) is 6.61 Å². The van der Waals surface area contributed by atoms with Crippen molar-refractivity contribution >= 4 is 5.97 Å². The second-order valence-corrected chi connectivity index (χ2v) is 5.22. The Bertz CT molecular complexity index is 727. The first kappa shape index (κ1) is 14.3. The highest BCUT2D eigenvalue weighted by Gasteiger charge is 2.20. The number of hydrogen-bond donors (Lipinski definition) is 0. The third-order valence-electron chi connectivity index (χ3n) is 3.59. The molecule has 0 radical (unpaired) electrons. The number of carbonyl (C=O) groups is 1. The maximum Gasteiger partial charge on any atom is 0.358 e. The van der Waals surface area contributed by atoms with Crippen molar-refractivity contribution < 1.29 is 9.53 Å². The summed E-state index contributed by atoms with van der Waals surface area (Å²) in [5.41, 5.74) is 3.41. The number of ether oxygens (including phenoxy) is 1. The van der Waals surface area contributed by atoms with E-state index in [-0.39, 0.29) is 11.9 Å². The molecule has 0 bridgehead atoms. The molecule has 0 amide bonds. The highest BCUT2D eigenvalue weighted by atomic mass is 16.5. The molecule has 1 aliphatic carbocycles. The van der Waals surface area contributed by atoms with E-state index in [0.717, 1.165) is 11.4 Å². The molecule has 0 saturated carbocycles. The third kappa shape index (κ3) is 2.72. The lowest BCUT2D eigenvalue weighted by Crippen LogP contribution is -2.07. The Morgan fingerprint density at radius 3 is 2.55 bits per heavy atom. The number of allylic oxidation sites excluding steroid dienone is 4. The second-order valence-electron chi connectivity index (χ2n) is 5.22. The SMILES string of the molecule is CCOC(=O)c1cc(C2C=CC=C2)n(-c2ccc(C)cc2)n1. The third-order valence-corrected chi connectivity index (χ3v) is 3.59.